The minimum Gasteiger partial charge on any atom is -0.489 e. The minimum atomic E-state index is 0.204. The van der Waals surface area contributed by atoms with E-state index in [2.05, 4.69) is 16.7 Å². The number of aryl methyl sites for hydroxylation is 1. The molecule has 0 spiro atoms. The van der Waals surface area contributed by atoms with Gasteiger partial charge in [-0.05, 0) is 31.4 Å². The second-order valence-electron chi connectivity index (χ2n) is 7.57. The molecule has 4 rings (SSSR count). The van der Waals surface area contributed by atoms with E-state index in [0.29, 0.717) is 12.1 Å². The van der Waals surface area contributed by atoms with Crippen molar-refractivity contribution in [2.75, 3.05) is 50.0 Å². The van der Waals surface area contributed by atoms with Gasteiger partial charge in [-0.1, -0.05) is 0 Å². The summed E-state index contributed by atoms with van der Waals surface area (Å²) in [7, 11) is 0. The average molecular weight is 344 g/mol. The van der Waals surface area contributed by atoms with Crippen LogP contribution < -0.4 is 15.4 Å². The first kappa shape index (κ1) is 16.5. The van der Waals surface area contributed by atoms with Crippen LogP contribution in [-0.4, -0.2) is 67.1 Å². The van der Waals surface area contributed by atoms with Crippen molar-refractivity contribution >= 4 is 17.3 Å². The van der Waals surface area contributed by atoms with E-state index in [1.807, 2.05) is 17.0 Å². The smallest absolute Gasteiger partial charge is 0.219 e. The van der Waals surface area contributed by atoms with Crippen molar-refractivity contribution < 1.29 is 9.53 Å². The van der Waals surface area contributed by atoms with E-state index >= 15 is 0 Å². The Morgan fingerprint density at radius 2 is 1.92 bits per heavy atom. The van der Waals surface area contributed by atoms with E-state index in [4.69, 9.17) is 10.5 Å². The number of likely N-dealkylation sites (tertiary alicyclic amines) is 1. The molecule has 1 aromatic rings. The van der Waals surface area contributed by atoms with Crippen LogP contribution in [0.25, 0.3) is 0 Å². The molecular weight excluding hydrogens is 316 g/mol. The number of hydrogen-bond donors (Lipinski definition) is 1. The number of amides is 1. The van der Waals surface area contributed by atoms with Crippen molar-refractivity contribution in [3.8, 4) is 5.75 Å². The van der Waals surface area contributed by atoms with Gasteiger partial charge in [0.05, 0.1) is 11.7 Å². The molecule has 0 saturated carbocycles. The van der Waals surface area contributed by atoms with Crippen LogP contribution in [0.3, 0.4) is 0 Å². The fourth-order valence-electron chi connectivity index (χ4n) is 4.63. The Labute approximate surface area is 149 Å². The molecule has 3 heterocycles. The molecule has 1 amide bonds. The standard InChI is InChI=1S/C19H28N4O2/c1-13-9-15(20)10-18-19(13)23-8-7-22(11-17(23)12-25-18)16-3-5-21(6-4-16)14(2)24/h9-10,16-17H,3-8,11-12,20H2,1-2H3/t17-/m0/s1. The highest BCUT2D eigenvalue weighted by Crippen LogP contribution is 2.40. The Bertz CT molecular complexity index is 670. The molecule has 0 bridgehead atoms. The number of carbonyl (C=O) groups excluding carboxylic acids is 1. The van der Waals surface area contributed by atoms with Crippen LogP contribution in [0.4, 0.5) is 11.4 Å². The molecule has 3 aliphatic heterocycles. The number of piperazine rings is 1. The molecule has 3 aliphatic rings. The number of nitrogens with two attached hydrogens (primary N) is 1. The zero-order chi connectivity index (χ0) is 17.6. The number of nitrogen functional groups attached to an aromatic ring is 1. The zero-order valence-corrected chi connectivity index (χ0v) is 15.2. The van der Waals surface area contributed by atoms with Crippen molar-refractivity contribution in [1.29, 1.82) is 0 Å². The van der Waals surface area contributed by atoms with Gasteiger partial charge in [-0.25, -0.2) is 0 Å². The van der Waals surface area contributed by atoms with Gasteiger partial charge in [-0.2, -0.15) is 0 Å². The molecule has 0 unspecified atom stereocenters. The number of rotatable bonds is 1. The SMILES string of the molecule is CC(=O)N1CCC(N2CCN3c4c(C)cc(N)cc4OC[C@@H]3C2)CC1. The fraction of sp³-hybridized carbons (Fsp3) is 0.632. The first-order valence-electron chi connectivity index (χ1n) is 9.32. The van der Waals surface area contributed by atoms with Gasteiger partial charge in [0.25, 0.3) is 0 Å². The number of ether oxygens (including phenoxy) is 1. The lowest BCUT2D eigenvalue weighted by atomic mass is 9.99. The number of fused-ring (bicyclic) bond motifs is 3. The molecule has 2 N–H and O–H groups in total. The molecule has 0 radical (unpaired) electrons. The number of benzene rings is 1. The third-order valence-electron chi connectivity index (χ3n) is 5.95. The van der Waals surface area contributed by atoms with Gasteiger partial charge in [0.2, 0.25) is 5.91 Å². The monoisotopic (exact) mass is 344 g/mol. The van der Waals surface area contributed by atoms with Crippen LogP contribution in [-0.2, 0) is 4.79 Å². The molecule has 0 aliphatic carbocycles. The number of carbonyl (C=O) groups is 1. The van der Waals surface area contributed by atoms with Crippen molar-refractivity contribution in [2.24, 2.45) is 0 Å². The molecular formula is C19H28N4O2. The number of piperidine rings is 1. The predicted octanol–water partition coefficient (Wildman–Crippen LogP) is 1.47. The highest BCUT2D eigenvalue weighted by molar-refractivity contribution is 5.73. The van der Waals surface area contributed by atoms with Crippen LogP contribution in [0, 0.1) is 6.92 Å². The van der Waals surface area contributed by atoms with Crippen LogP contribution >= 0.6 is 0 Å². The van der Waals surface area contributed by atoms with Gasteiger partial charge in [0.1, 0.15) is 12.4 Å². The van der Waals surface area contributed by atoms with E-state index in [9.17, 15) is 4.79 Å². The number of nitrogens with zero attached hydrogens (tertiary/aromatic N) is 3. The Kier molecular flexibility index (Phi) is 4.23. The van der Waals surface area contributed by atoms with E-state index in [1.165, 1.54) is 11.3 Å². The summed E-state index contributed by atoms with van der Waals surface area (Å²) >= 11 is 0. The summed E-state index contributed by atoms with van der Waals surface area (Å²) in [6.07, 6.45) is 2.17. The van der Waals surface area contributed by atoms with Crippen LogP contribution in [0.5, 0.6) is 5.75 Å². The third kappa shape index (κ3) is 3.03. The van der Waals surface area contributed by atoms with E-state index in [1.54, 1.807) is 6.92 Å². The summed E-state index contributed by atoms with van der Waals surface area (Å²) in [5.74, 6) is 1.13. The molecule has 2 saturated heterocycles. The lowest BCUT2D eigenvalue weighted by molar-refractivity contribution is -0.130. The van der Waals surface area contributed by atoms with Crippen LogP contribution in [0.1, 0.15) is 25.3 Å². The maximum atomic E-state index is 11.5. The summed E-state index contributed by atoms with van der Waals surface area (Å²) in [4.78, 5) is 18.6. The predicted molar refractivity (Wildman–Crippen MR) is 99.1 cm³/mol. The average Bonchev–Trinajstić information content (AvgIpc) is 2.60. The number of anilines is 2. The second kappa shape index (κ2) is 6.41. The zero-order valence-electron chi connectivity index (χ0n) is 15.2. The summed E-state index contributed by atoms with van der Waals surface area (Å²) in [6.45, 7) is 9.43. The van der Waals surface area contributed by atoms with Crippen molar-refractivity contribution in [1.82, 2.24) is 9.80 Å². The van der Waals surface area contributed by atoms with Crippen molar-refractivity contribution in [2.45, 2.75) is 38.8 Å². The highest BCUT2D eigenvalue weighted by Gasteiger charge is 2.37. The highest BCUT2D eigenvalue weighted by atomic mass is 16.5. The van der Waals surface area contributed by atoms with Crippen molar-refractivity contribution in [3.05, 3.63) is 17.7 Å². The van der Waals surface area contributed by atoms with Gasteiger partial charge in [0.15, 0.2) is 0 Å². The van der Waals surface area contributed by atoms with Crippen molar-refractivity contribution in [3.63, 3.8) is 0 Å². The number of hydrogen-bond acceptors (Lipinski definition) is 5. The van der Waals surface area contributed by atoms with E-state index in [0.717, 1.165) is 63.6 Å². The van der Waals surface area contributed by atoms with Gasteiger partial charge >= 0.3 is 0 Å². The molecule has 6 nitrogen and oxygen atoms in total. The van der Waals surface area contributed by atoms with Gasteiger partial charge in [-0.15, -0.1) is 0 Å². The lowest BCUT2D eigenvalue weighted by Crippen LogP contribution is -2.60. The Morgan fingerprint density at radius 3 is 2.64 bits per heavy atom. The van der Waals surface area contributed by atoms with Gasteiger partial charge in [0, 0.05) is 57.4 Å². The second-order valence-corrected chi connectivity index (χ2v) is 7.57. The maximum Gasteiger partial charge on any atom is 0.219 e. The Balaban J connectivity index is 1.44. The van der Waals surface area contributed by atoms with E-state index in [-0.39, 0.29) is 5.91 Å². The summed E-state index contributed by atoms with van der Waals surface area (Å²) in [6, 6.07) is 4.97. The molecule has 1 atom stereocenters. The molecule has 6 heteroatoms. The van der Waals surface area contributed by atoms with Gasteiger partial charge in [-0.3, -0.25) is 9.69 Å². The molecule has 2 fully saturated rings. The minimum absolute atomic E-state index is 0.204. The summed E-state index contributed by atoms with van der Waals surface area (Å²) < 4.78 is 6.04. The quantitative estimate of drug-likeness (QED) is 0.782. The Hall–Kier alpha value is -1.95. The summed E-state index contributed by atoms with van der Waals surface area (Å²) in [5, 5.41) is 0. The van der Waals surface area contributed by atoms with Crippen LogP contribution in [0.15, 0.2) is 12.1 Å². The first-order valence-corrected chi connectivity index (χ1v) is 9.32. The topological polar surface area (TPSA) is 62.0 Å². The Morgan fingerprint density at radius 1 is 1.16 bits per heavy atom. The molecule has 136 valence electrons. The third-order valence-corrected chi connectivity index (χ3v) is 5.95. The molecule has 25 heavy (non-hydrogen) atoms. The van der Waals surface area contributed by atoms with E-state index < -0.39 is 0 Å². The maximum absolute atomic E-state index is 11.5. The fourth-order valence-corrected chi connectivity index (χ4v) is 4.63. The lowest BCUT2D eigenvalue weighted by Gasteiger charge is -2.49. The first-order chi connectivity index (χ1) is 12.0. The van der Waals surface area contributed by atoms with Gasteiger partial charge < -0.3 is 20.3 Å². The normalized spacial score (nSPS) is 24.5. The summed E-state index contributed by atoms with van der Waals surface area (Å²) in [5.41, 5.74) is 9.15. The van der Waals surface area contributed by atoms with Crippen LogP contribution in [0.2, 0.25) is 0 Å². The molecule has 1 aromatic carbocycles. The molecule has 0 aromatic heterocycles. The largest absolute Gasteiger partial charge is 0.489 e.